The van der Waals surface area contributed by atoms with Gasteiger partial charge < -0.3 is 15.5 Å². The van der Waals surface area contributed by atoms with E-state index in [2.05, 4.69) is 10.6 Å². The Kier molecular flexibility index (Phi) is 4.83. The van der Waals surface area contributed by atoms with E-state index >= 15 is 0 Å². The third-order valence-electron chi connectivity index (χ3n) is 4.14. The number of aryl methyl sites for hydroxylation is 1. The van der Waals surface area contributed by atoms with Gasteiger partial charge in [-0.3, -0.25) is 4.79 Å². The monoisotopic (exact) mass is 363 g/mol. The molecule has 1 fully saturated rings. The molecule has 136 valence electrons. The van der Waals surface area contributed by atoms with Crippen LogP contribution in [0.3, 0.4) is 0 Å². The second-order valence-corrected chi connectivity index (χ2v) is 5.99. The average molecular weight is 363 g/mol. The van der Waals surface area contributed by atoms with Crippen LogP contribution >= 0.6 is 0 Å². The van der Waals surface area contributed by atoms with E-state index < -0.39 is 23.7 Å². The Labute approximate surface area is 147 Å². The number of benzene rings is 2. The summed E-state index contributed by atoms with van der Waals surface area (Å²) in [5.74, 6) is -2.38. The first-order chi connectivity index (χ1) is 12.3. The normalized spacial score (nSPS) is 16.7. The van der Waals surface area contributed by atoms with E-state index in [0.29, 0.717) is 30.3 Å². The molecule has 0 spiro atoms. The maximum Gasteiger partial charge on any atom is 0.319 e. The zero-order chi connectivity index (χ0) is 18.8. The van der Waals surface area contributed by atoms with E-state index in [1.54, 1.807) is 13.0 Å². The highest BCUT2D eigenvalue weighted by Crippen LogP contribution is 2.24. The molecule has 2 aromatic rings. The molecular weight excluding hydrogens is 347 g/mol. The number of urea groups is 1. The summed E-state index contributed by atoms with van der Waals surface area (Å²) in [6.45, 7) is 1.96. The Morgan fingerprint density at radius 2 is 1.88 bits per heavy atom. The van der Waals surface area contributed by atoms with Crippen LogP contribution in [-0.4, -0.2) is 24.5 Å². The zero-order valence-electron chi connectivity index (χ0n) is 13.9. The molecule has 8 heteroatoms. The Bertz CT molecular complexity index is 873. The Morgan fingerprint density at radius 3 is 2.58 bits per heavy atom. The number of hydrogen-bond acceptors (Lipinski definition) is 2. The van der Waals surface area contributed by atoms with Gasteiger partial charge in [0.2, 0.25) is 5.91 Å². The third kappa shape index (κ3) is 3.63. The highest BCUT2D eigenvalue weighted by Gasteiger charge is 2.33. The van der Waals surface area contributed by atoms with E-state index in [1.807, 2.05) is 0 Å². The minimum absolute atomic E-state index is 0.194. The molecule has 5 nitrogen and oxygen atoms in total. The summed E-state index contributed by atoms with van der Waals surface area (Å²) < 4.78 is 39.8. The van der Waals surface area contributed by atoms with Gasteiger partial charge in [-0.25, -0.2) is 18.0 Å². The number of carbonyl (C=O) groups excluding carboxylic acids is 2. The molecule has 0 radical (unpaired) electrons. The number of nitrogens with zero attached hydrogens (tertiary/aromatic N) is 1. The van der Waals surface area contributed by atoms with E-state index in [-0.39, 0.29) is 17.4 Å². The molecule has 1 atom stereocenters. The van der Waals surface area contributed by atoms with Crippen LogP contribution in [0.25, 0.3) is 0 Å². The Morgan fingerprint density at radius 1 is 1.12 bits per heavy atom. The molecule has 0 saturated carbocycles. The van der Waals surface area contributed by atoms with Gasteiger partial charge in [0, 0.05) is 18.3 Å². The van der Waals surface area contributed by atoms with Crippen LogP contribution in [0.1, 0.15) is 12.0 Å². The fourth-order valence-electron chi connectivity index (χ4n) is 2.77. The van der Waals surface area contributed by atoms with Gasteiger partial charge in [0.1, 0.15) is 23.5 Å². The van der Waals surface area contributed by atoms with Gasteiger partial charge in [0.15, 0.2) is 0 Å². The number of rotatable bonds is 3. The van der Waals surface area contributed by atoms with Crippen molar-refractivity contribution < 1.29 is 22.8 Å². The van der Waals surface area contributed by atoms with Crippen LogP contribution in [-0.2, 0) is 4.79 Å². The van der Waals surface area contributed by atoms with Crippen molar-refractivity contribution in [3.8, 4) is 0 Å². The molecule has 3 amide bonds. The first kappa shape index (κ1) is 17.8. The number of amides is 3. The van der Waals surface area contributed by atoms with E-state index in [9.17, 15) is 22.8 Å². The largest absolute Gasteiger partial charge is 0.326 e. The second-order valence-electron chi connectivity index (χ2n) is 5.99. The highest BCUT2D eigenvalue weighted by atomic mass is 19.1. The lowest BCUT2D eigenvalue weighted by Gasteiger charge is -2.18. The van der Waals surface area contributed by atoms with Crippen molar-refractivity contribution in [1.82, 2.24) is 5.32 Å². The SMILES string of the molecule is Cc1cc(N2CC[C@H](NC(=O)Nc3ccc(F)cc3F)C2=O)ccc1F. The molecule has 1 heterocycles. The van der Waals surface area contributed by atoms with Crippen molar-refractivity contribution >= 4 is 23.3 Å². The number of nitrogens with one attached hydrogen (secondary N) is 2. The standard InChI is InChI=1S/C18H16F3N3O2/c1-10-8-12(3-4-13(10)20)24-7-6-16(17(24)25)23-18(26)22-15-5-2-11(19)9-14(15)21/h2-5,8-9,16H,6-7H2,1H3,(H2,22,23,26)/t16-/m0/s1. The first-order valence-corrected chi connectivity index (χ1v) is 7.95. The summed E-state index contributed by atoms with van der Waals surface area (Å²) in [6, 6.07) is 5.53. The molecule has 3 rings (SSSR count). The molecule has 1 saturated heterocycles. The molecule has 0 unspecified atom stereocenters. The predicted octanol–water partition coefficient (Wildman–Crippen LogP) is 3.34. The van der Waals surface area contributed by atoms with Gasteiger partial charge in [-0.1, -0.05) is 0 Å². The second kappa shape index (κ2) is 7.07. The number of carbonyl (C=O) groups is 2. The Balaban J connectivity index is 1.64. The van der Waals surface area contributed by atoms with Gasteiger partial charge in [0.25, 0.3) is 0 Å². The maximum absolute atomic E-state index is 13.6. The van der Waals surface area contributed by atoms with Crippen LogP contribution in [0.15, 0.2) is 36.4 Å². The van der Waals surface area contributed by atoms with E-state index in [4.69, 9.17) is 0 Å². The molecule has 2 aromatic carbocycles. The lowest BCUT2D eigenvalue weighted by molar-refractivity contribution is -0.118. The summed E-state index contributed by atoms with van der Waals surface area (Å²) >= 11 is 0. The minimum atomic E-state index is -0.915. The van der Waals surface area contributed by atoms with Crippen molar-refractivity contribution in [3.63, 3.8) is 0 Å². The average Bonchev–Trinajstić information content (AvgIpc) is 2.93. The highest BCUT2D eigenvalue weighted by molar-refractivity contribution is 6.02. The molecule has 1 aliphatic heterocycles. The van der Waals surface area contributed by atoms with Crippen LogP contribution in [0.2, 0.25) is 0 Å². The minimum Gasteiger partial charge on any atom is -0.326 e. The fourth-order valence-corrected chi connectivity index (χ4v) is 2.77. The summed E-state index contributed by atoms with van der Waals surface area (Å²) in [5, 5.41) is 4.71. The Hall–Kier alpha value is -3.03. The topological polar surface area (TPSA) is 61.4 Å². The van der Waals surface area contributed by atoms with Crippen molar-refractivity contribution in [2.24, 2.45) is 0 Å². The van der Waals surface area contributed by atoms with Crippen LogP contribution < -0.4 is 15.5 Å². The van der Waals surface area contributed by atoms with Gasteiger partial charge in [-0.15, -0.1) is 0 Å². The molecular formula is C18H16F3N3O2. The summed E-state index contributed by atoms with van der Waals surface area (Å²) in [7, 11) is 0. The van der Waals surface area contributed by atoms with E-state index in [1.165, 1.54) is 17.0 Å². The summed E-state index contributed by atoms with van der Waals surface area (Å²) in [5.41, 5.74) is 0.764. The van der Waals surface area contributed by atoms with Crippen molar-refractivity contribution in [2.45, 2.75) is 19.4 Å². The number of anilines is 2. The molecule has 26 heavy (non-hydrogen) atoms. The molecule has 0 aliphatic carbocycles. The molecule has 0 bridgehead atoms. The smallest absolute Gasteiger partial charge is 0.319 e. The van der Waals surface area contributed by atoms with Gasteiger partial charge in [-0.2, -0.15) is 0 Å². The van der Waals surface area contributed by atoms with Gasteiger partial charge >= 0.3 is 6.03 Å². The molecule has 1 aliphatic rings. The van der Waals surface area contributed by atoms with Crippen molar-refractivity contribution in [2.75, 3.05) is 16.8 Å². The van der Waals surface area contributed by atoms with Gasteiger partial charge in [-0.05, 0) is 49.2 Å². The maximum atomic E-state index is 13.6. The predicted molar refractivity (Wildman–Crippen MR) is 90.4 cm³/mol. The molecule has 2 N–H and O–H groups in total. The molecule has 0 aromatic heterocycles. The summed E-state index contributed by atoms with van der Waals surface area (Å²) in [6.07, 6.45) is 0.356. The van der Waals surface area contributed by atoms with Crippen molar-refractivity contribution in [3.05, 3.63) is 59.4 Å². The van der Waals surface area contributed by atoms with Crippen LogP contribution in [0.4, 0.5) is 29.3 Å². The zero-order valence-corrected chi connectivity index (χ0v) is 13.9. The van der Waals surface area contributed by atoms with E-state index in [0.717, 1.165) is 12.1 Å². The van der Waals surface area contributed by atoms with Crippen molar-refractivity contribution in [1.29, 1.82) is 0 Å². The first-order valence-electron chi connectivity index (χ1n) is 7.95. The van der Waals surface area contributed by atoms with Crippen LogP contribution in [0.5, 0.6) is 0 Å². The lowest BCUT2D eigenvalue weighted by atomic mass is 10.2. The lowest BCUT2D eigenvalue weighted by Crippen LogP contribution is -2.43. The number of hydrogen-bond donors (Lipinski definition) is 2. The van der Waals surface area contributed by atoms with Crippen LogP contribution in [0, 0.1) is 24.4 Å². The van der Waals surface area contributed by atoms with Gasteiger partial charge in [0.05, 0.1) is 5.69 Å². The summed E-state index contributed by atoms with van der Waals surface area (Å²) in [4.78, 5) is 25.9. The fraction of sp³-hybridized carbons (Fsp3) is 0.222. The quantitative estimate of drug-likeness (QED) is 0.879. The number of halogens is 3. The third-order valence-corrected chi connectivity index (χ3v) is 4.14.